The maximum Gasteiger partial charge on any atom is 0.141 e. The van der Waals surface area contributed by atoms with Crippen LogP contribution in [0, 0.1) is 0 Å². The van der Waals surface area contributed by atoms with Crippen molar-refractivity contribution in [3.63, 3.8) is 0 Å². The Morgan fingerprint density at radius 2 is 0.754 bits per heavy atom. The lowest BCUT2D eigenvalue weighted by Crippen LogP contribution is -2.05. The highest BCUT2D eigenvalue weighted by Gasteiger charge is 2.33. The summed E-state index contributed by atoms with van der Waals surface area (Å²) < 4.78 is 2.24. The molecule has 0 aliphatic heterocycles. The summed E-state index contributed by atoms with van der Waals surface area (Å²) >= 11 is 0. The molecule has 0 fully saturated rings. The fourth-order valence-electron chi connectivity index (χ4n) is 9.39. The van der Waals surface area contributed by atoms with Crippen LogP contribution in [-0.2, 0) is 7.05 Å². The second-order valence-electron chi connectivity index (χ2n) is 15.5. The molecule has 3 heteroatoms. The third-order valence-corrected chi connectivity index (χ3v) is 16.1. The topological polar surface area (TPSA) is 17.8 Å². The van der Waals surface area contributed by atoms with E-state index in [-0.39, 0.29) is 0 Å². The van der Waals surface area contributed by atoms with Gasteiger partial charge in [-0.1, -0.05) is 176 Å². The van der Waals surface area contributed by atoms with Gasteiger partial charge in [-0.15, -0.1) is 10.0 Å². The second kappa shape index (κ2) is 15.3. The Balaban J connectivity index is 1.10. The molecular weight excluding hydrogens is 757 g/mol. The quantitative estimate of drug-likeness (QED) is 0.140. The van der Waals surface area contributed by atoms with Gasteiger partial charge >= 0.3 is 0 Å². The molecule has 0 aliphatic carbocycles. The predicted molar refractivity (Wildman–Crippen MR) is 257 cm³/mol. The van der Waals surface area contributed by atoms with E-state index in [2.05, 4.69) is 248 Å². The van der Waals surface area contributed by atoms with E-state index in [1.54, 1.807) is 0 Å². The summed E-state index contributed by atoms with van der Waals surface area (Å²) in [6.07, 6.45) is 0. The van der Waals surface area contributed by atoms with Crippen molar-refractivity contribution in [2.75, 3.05) is 0 Å². The van der Waals surface area contributed by atoms with Crippen LogP contribution in [0.2, 0.25) is 0 Å². The molecule has 0 spiro atoms. The van der Waals surface area contributed by atoms with E-state index in [1.165, 1.54) is 74.5 Å². The number of imidazole rings is 1. The van der Waals surface area contributed by atoms with Crippen molar-refractivity contribution >= 4 is 42.6 Å². The zero-order valence-corrected chi connectivity index (χ0v) is 34.6. The first-order valence-corrected chi connectivity index (χ1v) is 22.5. The zero-order chi connectivity index (χ0) is 40.8. The van der Waals surface area contributed by atoms with Crippen LogP contribution in [0.4, 0.5) is 0 Å². The minimum Gasteiger partial charge on any atom is -0.327 e. The van der Waals surface area contributed by atoms with Gasteiger partial charge in [0, 0.05) is 32.2 Å². The average molecular weight is 799 g/mol. The summed E-state index contributed by atoms with van der Waals surface area (Å²) in [5.41, 5.74) is 10.4. The van der Waals surface area contributed by atoms with Crippen LogP contribution in [0.25, 0.3) is 77.3 Å². The Hall–Kier alpha value is -7.46. The second-order valence-corrected chi connectivity index (χ2v) is 18.6. The first-order valence-electron chi connectivity index (χ1n) is 20.8. The van der Waals surface area contributed by atoms with Crippen molar-refractivity contribution in [3.05, 3.63) is 237 Å². The van der Waals surface area contributed by atoms with Gasteiger partial charge in [0.05, 0.1) is 11.0 Å². The molecule has 61 heavy (non-hydrogen) atoms. The Morgan fingerprint density at radius 1 is 0.344 bits per heavy atom. The molecule has 0 amide bonds. The molecule has 10 aromatic carbocycles. The van der Waals surface area contributed by atoms with Gasteiger partial charge in [0.15, 0.2) is 0 Å². The van der Waals surface area contributed by atoms with E-state index in [0.717, 1.165) is 22.4 Å². The Kier molecular flexibility index (Phi) is 9.18. The molecule has 0 bridgehead atoms. The van der Waals surface area contributed by atoms with Crippen molar-refractivity contribution < 1.29 is 0 Å². The average Bonchev–Trinajstić information content (AvgIpc) is 3.67. The lowest BCUT2D eigenvalue weighted by atomic mass is 9.84. The van der Waals surface area contributed by atoms with Gasteiger partial charge in [-0.05, 0) is 116 Å². The van der Waals surface area contributed by atoms with Crippen molar-refractivity contribution in [1.82, 2.24) is 9.55 Å². The smallest absolute Gasteiger partial charge is 0.141 e. The van der Waals surface area contributed by atoms with Crippen molar-refractivity contribution in [2.45, 2.75) is 19.6 Å². The molecule has 11 rings (SSSR count). The van der Waals surface area contributed by atoms with E-state index < -0.39 is 10.0 Å². The molecule has 0 N–H and O–H groups in total. The number of rotatable bonds is 8. The monoisotopic (exact) mass is 798 g/mol. The van der Waals surface area contributed by atoms with Crippen LogP contribution in [0.15, 0.2) is 256 Å². The van der Waals surface area contributed by atoms with Gasteiger partial charge in [0.25, 0.3) is 0 Å². The lowest BCUT2D eigenvalue weighted by molar-refractivity contribution is 0.960. The molecule has 0 atom stereocenters. The lowest BCUT2D eigenvalue weighted by Gasteiger charge is -2.42. The molecule has 0 aliphatic rings. The first kappa shape index (κ1) is 36.6. The highest BCUT2D eigenvalue weighted by molar-refractivity contribution is 8.34. The van der Waals surface area contributed by atoms with Crippen LogP contribution in [0.5, 0.6) is 0 Å². The number of aryl methyl sites for hydroxylation is 1. The number of nitrogens with zero attached hydrogens (tertiary/aromatic N) is 2. The maximum atomic E-state index is 5.34. The summed E-state index contributed by atoms with van der Waals surface area (Å²) in [6, 6.07) is 86.5. The number of fused-ring (bicyclic) bond motifs is 3. The molecule has 0 saturated heterocycles. The molecule has 0 radical (unpaired) electrons. The van der Waals surface area contributed by atoms with E-state index >= 15 is 0 Å². The molecule has 0 unspecified atom stereocenters. The third kappa shape index (κ3) is 6.08. The highest BCUT2D eigenvalue weighted by atomic mass is 32.3. The highest BCUT2D eigenvalue weighted by Crippen LogP contribution is 2.73. The van der Waals surface area contributed by atoms with Gasteiger partial charge < -0.3 is 4.57 Å². The largest absolute Gasteiger partial charge is 0.327 e. The standard InChI is InChI=1S/C58H42N2S/c1-60-55-39-36-43(41-20-6-2-7-21-41)40-54(55)59-58(60)53-33-19-18-32-52(53)57-50-30-16-14-28-48(50)56(49-29-15-17-31-51(49)57)42-34-37-47(38-35-42)61(44-22-8-3-9-23-44,45-24-10-4-11-25-45)46-26-12-5-13-27-46/h2-40H,1H3. The van der Waals surface area contributed by atoms with Gasteiger partial charge in [0.1, 0.15) is 5.82 Å². The minimum atomic E-state index is -1.81. The fraction of sp³-hybridized carbons (Fsp3) is 0.0172. The van der Waals surface area contributed by atoms with Crippen LogP contribution >= 0.6 is 10.0 Å². The summed E-state index contributed by atoms with van der Waals surface area (Å²) in [4.78, 5) is 10.6. The van der Waals surface area contributed by atoms with Crippen LogP contribution < -0.4 is 0 Å². The number of hydrogen-bond acceptors (Lipinski definition) is 1. The summed E-state index contributed by atoms with van der Waals surface area (Å²) in [6.45, 7) is 0. The van der Waals surface area contributed by atoms with Gasteiger partial charge in [-0.2, -0.15) is 0 Å². The van der Waals surface area contributed by atoms with E-state index in [9.17, 15) is 0 Å². The van der Waals surface area contributed by atoms with Crippen LogP contribution in [-0.4, -0.2) is 9.55 Å². The summed E-state index contributed by atoms with van der Waals surface area (Å²) in [7, 11) is 0.328. The van der Waals surface area contributed by atoms with Crippen LogP contribution in [0.1, 0.15) is 0 Å². The number of hydrogen-bond donors (Lipinski definition) is 0. The molecule has 0 saturated carbocycles. The van der Waals surface area contributed by atoms with E-state index in [0.29, 0.717) is 0 Å². The van der Waals surface area contributed by atoms with Crippen LogP contribution in [0.3, 0.4) is 0 Å². The van der Waals surface area contributed by atoms with Crippen molar-refractivity contribution in [3.8, 4) is 44.8 Å². The molecule has 1 heterocycles. The molecule has 11 aromatic rings. The normalized spacial score (nSPS) is 12.0. The van der Waals surface area contributed by atoms with Gasteiger partial charge in [0.2, 0.25) is 0 Å². The molecular formula is C58H42N2S. The SMILES string of the molecule is Cn1c(-c2ccccc2-c2c3ccccc3c(-c3ccc(S(c4ccccc4)(c4ccccc4)c4ccccc4)cc3)c3ccccc23)nc2cc(-c3ccccc3)ccc21. The minimum absolute atomic E-state index is 0.949. The number of benzene rings is 10. The Labute approximate surface area is 358 Å². The first-order chi connectivity index (χ1) is 30.2. The van der Waals surface area contributed by atoms with Crippen molar-refractivity contribution in [1.29, 1.82) is 0 Å². The van der Waals surface area contributed by atoms with Gasteiger partial charge in [-0.25, -0.2) is 4.98 Å². The van der Waals surface area contributed by atoms with E-state index in [1.807, 2.05) is 0 Å². The molecule has 1 aromatic heterocycles. The fourth-order valence-corrected chi connectivity index (χ4v) is 13.3. The van der Waals surface area contributed by atoms with Crippen molar-refractivity contribution in [2.24, 2.45) is 7.05 Å². The van der Waals surface area contributed by atoms with Gasteiger partial charge in [-0.3, -0.25) is 0 Å². The molecule has 2 nitrogen and oxygen atoms in total. The summed E-state index contributed by atoms with van der Waals surface area (Å²) in [5.74, 6) is 0.949. The maximum absolute atomic E-state index is 5.34. The predicted octanol–water partition coefficient (Wildman–Crippen LogP) is 15.9. The Bertz CT molecular complexity index is 3190. The Morgan fingerprint density at radius 3 is 1.28 bits per heavy atom. The third-order valence-electron chi connectivity index (χ3n) is 12.1. The summed E-state index contributed by atoms with van der Waals surface area (Å²) in [5, 5.41) is 4.89. The zero-order valence-electron chi connectivity index (χ0n) is 33.8. The molecule has 290 valence electrons. The number of aromatic nitrogens is 2. The van der Waals surface area contributed by atoms with E-state index in [4.69, 9.17) is 4.98 Å².